The van der Waals surface area contributed by atoms with E-state index in [9.17, 15) is 0 Å². The summed E-state index contributed by atoms with van der Waals surface area (Å²) >= 11 is 5.99. The van der Waals surface area contributed by atoms with Crippen LogP contribution in [0.15, 0.2) is 47.6 Å². The molecule has 1 atom stereocenters. The van der Waals surface area contributed by atoms with Crippen LogP contribution in [-0.2, 0) is 11.4 Å². The average Bonchev–Trinajstić information content (AvgIpc) is 3.23. The SMILES string of the molecule is Clc1cccc(CNC[C@H]2CC(c3ccc4c(c3)OCO4)=NO2)c1. The minimum absolute atomic E-state index is 0.0320. The van der Waals surface area contributed by atoms with Gasteiger partial charge >= 0.3 is 0 Å². The fourth-order valence-electron chi connectivity index (χ4n) is 2.81. The van der Waals surface area contributed by atoms with Gasteiger partial charge < -0.3 is 19.6 Å². The molecular formula is C18H17ClN2O3. The zero-order chi connectivity index (χ0) is 16.4. The molecule has 24 heavy (non-hydrogen) atoms. The van der Waals surface area contributed by atoms with Crippen LogP contribution in [0.3, 0.4) is 0 Å². The van der Waals surface area contributed by atoms with Crippen LogP contribution >= 0.6 is 11.6 Å². The normalized spacial score (nSPS) is 18.4. The highest BCUT2D eigenvalue weighted by atomic mass is 35.5. The molecule has 2 aromatic carbocycles. The molecular weight excluding hydrogens is 328 g/mol. The quantitative estimate of drug-likeness (QED) is 0.903. The summed E-state index contributed by atoms with van der Waals surface area (Å²) in [6, 6.07) is 13.7. The van der Waals surface area contributed by atoms with Crippen LogP contribution in [-0.4, -0.2) is 25.2 Å². The molecule has 1 N–H and O–H groups in total. The average molecular weight is 345 g/mol. The number of fused-ring (bicyclic) bond motifs is 1. The van der Waals surface area contributed by atoms with Crippen molar-refractivity contribution in [3.05, 3.63) is 58.6 Å². The molecule has 0 unspecified atom stereocenters. The van der Waals surface area contributed by atoms with Crippen LogP contribution in [0.5, 0.6) is 11.5 Å². The van der Waals surface area contributed by atoms with E-state index in [1.807, 2.05) is 42.5 Å². The molecule has 0 fully saturated rings. The third kappa shape index (κ3) is 3.32. The monoisotopic (exact) mass is 344 g/mol. The van der Waals surface area contributed by atoms with Gasteiger partial charge in [0.05, 0.1) is 5.71 Å². The molecule has 4 rings (SSSR count). The highest BCUT2D eigenvalue weighted by Crippen LogP contribution is 2.33. The molecule has 2 heterocycles. The lowest BCUT2D eigenvalue weighted by atomic mass is 10.0. The highest BCUT2D eigenvalue weighted by Gasteiger charge is 2.23. The van der Waals surface area contributed by atoms with Gasteiger partial charge in [0.15, 0.2) is 11.5 Å². The van der Waals surface area contributed by atoms with Crippen molar-refractivity contribution in [3.63, 3.8) is 0 Å². The molecule has 124 valence electrons. The third-order valence-electron chi connectivity index (χ3n) is 4.03. The van der Waals surface area contributed by atoms with Crippen LogP contribution in [0, 0.1) is 0 Å². The Bertz CT molecular complexity index is 779. The van der Waals surface area contributed by atoms with Crippen LogP contribution in [0.25, 0.3) is 0 Å². The summed E-state index contributed by atoms with van der Waals surface area (Å²) in [7, 11) is 0. The maximum absolute atomic E-state index is 5.99. The summed E-state index contributed by atoms with van der Waals surface area (Å²) in [4.78, 5) is 5.53. The summed E-state index contributed by atoms with van der Waals surface area (Å²) in [5, 5.41) is 8.34. The number of oxime groups is 1. The van der Waals surface area contributed by atoms with Crippen LogP contribution in [0.2, 0.25) is 5.02 Å². The summed E-state index contributed by atoms with van der Waals surface area (Å²) in [5.74, 6) is 1.54. The first-order valence-electron chi connectivity index (χ1n) is 7.86. The van der Waals surface area contributed by atoms with Crippen LogP contribution in [0.1, 0.15) is 17.5 Å². The summed E-state index contributed by atoms with van der Waals surface area (Å²) in [6.07, 6.45) is 0.798. The predicted molar refractivity (Wildman–Crippen MR) is 91.8 cm³/mol. The smallest absolute Gasteiger partial charge is 0.231 e. The van der Waals surface area contributed by atoms with Gasteiger partial charge in [0.2, 0.25) is 6.79 Å². The van der Waals surface area contributed by atoms with Crippen molar-refractivity contribution in [3.8, 4) is 11.5 Å². The Labute approximate surface area is 145 Å². The summed E-state index contributed by atoms with van der Waals surface area (Å²) < 4.78 is 10.7. The molecule has 0 spiro atoms. The molecule has 2 aliphatic heterocycles. The minimum atomic E-state index is 0.0320. The molecule has 0 radical (unpaired) electrons. The van der Waals surface area contributed by atoms with Crippen molar-refractivity contribution in [1.29, 1.82) is 0 Å². The first kappa shape index (κ1) is 15.3. The zero-order valence-corrected chi connectivity index (χ0v) is 13.8. The molecule has 0 saturated heterocycles. The minimum Gasteiger partial charge on any atom is -0.454 e. The number of hydrogen-bond acceptors (Lipinski definition) is 5. The Morgan fingerprint density at radius 2 is 2.04 bits per heavy atom. The topological polar surface area (TPSA) is 52.1 Å². The van der Waals surface area contributed by atoms with Gasteiger partial charge in [-0.05, 0) is 35.9 Å². The van der Waals surface area contributed by atoms with E-state index in [1.54, 1.807) is 0 Å². The van der Waals surface area contributed by atoms with E-state index in [1.165, 1.54) is 0 Å². The van der Waals surface area contributed by atoms with Crippen LogP contribution < -0.4 is 14.8 Å². The molecule has 0 saturated carbocycles. The standard InChI is InChI=1S/C18H17ClN2O3/c19-14-3-1-2-12(6-14)9-20-10-15-8-16(21-24-15)13-4-5-17-18(7-13)23-11-22-17/h1-7,15,20H,8-11H2/t15-/m1/s1. The van der Waals surface area contributed by atoms with Gasteiger partial charge in [0.1, 0.15) is 6.10 Å². The molecule has 5 nitrogen and oxygen atoms in total. The highest BCUT2D eigenvalue weighted by molar-refractivity contribution is 6.30. The van der Waals surface area contributed by atoms with E-state index >= 15 is 0 Å². The van der Waals surface area contributed by atoms with Gasteiger partial charge in [0, 0.05) is 30.1 Å². The molecule has 2 aliphatic rings. The Morgan fingerprint density at radius 1 is 1.12 bits per heavy atom. The van der Waals surface area contributed by atoms with Gasteiger partial charge in [0.25, 0.3) is 0 Å². The number of rotatable bonds is 5. The molecule has 0 aliphatic carbocycles. The van der Waals surface area contributed by atoms with Crippen LogP contribution in [0.4, 0.5) is 0 Å². The second-order valence-electron chi connectivity index (χ2n) is 5.80. The van der Waals surface area contributed by atoms with E-state index in [0.29, 0.717) is 0 Å². The number of ether oxygens (including phenoxy) is 2. The van der Waals surface area contributed by atoms with E-state index in [2.05, 4.69) is 10.5 Å². The fraction of sp³-hybridized carbons (Fsp3) is 0.278. The van der Waals surface area contributed by atoms with Crippen molar-refractivity contribution in [2.45, 2.75) is 19.1 Å². The van der Waals surface area contributed by atoms with E-state index < -0.39 is 0 Å². The van der Waals surface area contributed by atoms with E-state index in [0.717, 1.165) is 52.9 Å². The lowest BCUT2D eigenvalue weighted by Crippen LogP contribution is -2.26. The van der Waals surface area contributed by atoms with Crippen molar-refractivity contribution in [2.75, 3.05) is 13.3 Å². The molecule has 0 bridgehead atoms. The second-order valence-corrected chi connectivity index (χ2v) is 6.23. The summed E-state index contributed by atoms with van der Waals surface area (Å²) in [5.41, 5.74) is 3.09. The maximum Gasteiger partial charge on any atom is 0.231 e. The number of halogens is 1. The second kappa shape index (κ2) is 6.71. The third-order valence-corrected chi connectivity index (χ3v) is 4.26. The molecule has 0 aromatic heterocycles. The zero-order valence-electron chi connectivity index (χ0n) is 13.0. The van der Waals surface area contributed by atoms with Crippen molar-refractivity contribution in [2.24, 2.45) is 5.16 Å². The summed E-state index contributed by atoms with van der Waals surface area (Å²) in [6.45, 7) is 1.75. The lowest BCUT2D eigenvalue weighted by Gasteiger charge is -2.10. The maximum atomic E-state index is 5.99. The van der Waals surface area contributed by atoms with Gasteiger partial charge in [-0.25, -0.2) is 0 Å². The number of nitrogens with zero attached hydrogens (tertiary/aromatic N) is 1. The Morgan fingerprint density at radius 3 is 2.96 bits per heavy atom. The van der Waals surface area contributed by atoms with Crippen molar-refractivity contribution in [1.82, 2.24) is 5.32 Å². The molecule has 2 aromatic rings. The van der Waals surface area contributed by atoms with Gasteiger partial charge in [-0.15, -0.1) is 0 Å². The fourth-order valence-corrected chi connectivity index (χ4v) is 3.02. The Hall–Kier alpha value is -2.24. The predicted octanol–water partition coefficient (Wildman–Crippen LogP) is 3.35. The first-order chi connectivity index (χ1) is 11.8. The Kier molecular flexibility index (Phi) is 4.28. The largest absolute Gasteiger partial charge is 0.454 e. The van der Waals surface area contributed by atoms with E-state index in [-0.39, 0.29) is 12.9 Å². The Balaban J connectivity index is 1.30. The first-order valence-corrected chi connectivity index (χ1v) is 8.23. The lowest BCUT2D eigenvalue weighted by molar-refractivity contribution is 0.0848. The number of benzene rings is 2. The van der Waals surface area contributed by atoms with Gasteiger partial charge in [-0.3, -0.25) is 0 Å². The number of nitrogens with one attached hydrogen (secondary N) is 1. The van der Waals surface area contributed by atoms with Crippen molar-refractivity contribution >= 4 is 17.3 Å². The van der Waals surface area contributed by atoms with Crippen molar-refractivity contribution < 1.29 is 14.3 Å². The van der Waals surface area contributed by atoms with E-state index in [4.69, 9.17) is 25.9 Å². The van der Waals surface area contributed by atoms with Gasteiger partial charge in [-0.1, -0.05) is 28.9 Å². The molecule has 6 heteroatoms. The number of hydrogen-bond donors (Lipinski definition) is 1. The molecule has 0 amide bonds. The van der Waals surface area contributed by atoms with Gasteiger partial charge in [-0.2, -0.15) is 0 Å².